The third kappa shape index (κ3) is 6.32. The van der Waals surface area contributed by atoms with Crippen LogP contribution in [0.1, 0.15) is 20.3 Å². The molecule has 0 aromatic rings. The van der Waals surface area contributed by atoms with Crippen LogP contribution in [0.15, 0.2) is 12.2 Å². The topological polar surface area (TPSA) is 9.23 Å². The van der Waals surface area contributed by atoms with E-state index in [1.165, 1.54) is 12.5 Å². The Morgan fingerprint density at radius 2 is 2.00 bits per heavy atom. The third-order valence-electron chi connectivity index (χ3n) is 1.56. The molecule has 0 aromatic carbocycles. The van der Waals surface area contributed by atoms with E-state index in [1.54, 1.807) is 0 Å². The summed E-state index contributed by atoms with van der Waals surface area (Å²) in [4.78, 5) is 0. The van der Waals surface area contributed by atoms with E-state index in [4.69, 9.17) is 4.43 Å². The average molecular weight is 172 g/mol. The van der Waals surface area contributed by atoms with Gasteiger partial charge in [-0.3, -0.25) is 0 Å². The van der Waals surface area contributed by atoms with Crippen molar-refractivity contribution in [1.29, 1.82) is 0 Å². The molecular formula is C9H20OSi. The maximum atomic E-state index is 5.77. The average Bonchev–Trinajstić information content (AvgIpc) is 1.84. The molecule has 0 unspecified atom stereocenters. The first-order valence-corrected chi connectivity index (χ1v) is 7.38. The molecule has 66 valence electrons. The number of hydrogen-bond donors (Lipinski definition) is 0. The fourth-order valence-electron chi connectivity index (χ4n) is 0.993. The van der Waals surface area contributed by atoms with Gasteiger partial charge in [0.15, 0.2) is 8.32 Å². The van der Waals surface area contributed by atoms with Gasteiger partial charge in [0.2, 0.25) is 0 Å². The lowest BCUT2D eigenvalue weighted by Gasteiger charge is -2.21. The van der Waals surface area contributed by atoms with Crippen LogP contribution in [0.25, 0.3) is 0 Å². The van der Waals surface area contributed by atoms with Crippen molar-refractivity contribution in [2.45, 2.75) is 39.4 Å². The highest BCUT2D eigenvalue weighted by atomic mass is 28.4. The third-order valence-corrected chi connectivity index (χ3v) is 4.19. The van der Waals surface area contributed by atoms with Crippen LogP contribution < -0.4 is 0 Å². The summed E-state index contributed by atoms with van der Waals surface area (Å²) in [6.45, 7) is 13.3. The molecule has 0 N–H and O–H groups in total. The van der Waals surface area contributed by atoms with Gasteiger partial charge in [-0.2, -0.15) is 0 Å². The Morgan fingerprint density at radius 1 is 1.45 bits per heavy atom. The normalized spacial score (nSPS) is 11.6. The van der Waals surface area contributed by atoms with E-state index in [1.807, 2.05) is 6.92 Å². The molecule has 2 heteroatoms. The minimum Gasteiger partial charge on any atom is -0.413 e. The summed E-state index contributed by atoms with van der Waals surface area (Å²) >= 11 is 0. The van der Waals surface area contributed by atoms with Crippen molar-refractivity contribution in [3.05, 3.63) is 12.2 Å². The minimum atomic E-state index is -1.33. The Labute approximate surface area is 71.6 Å². The highest BCUT2D eigenvalue weighted by Gasteiger charge is 2.20. The molecule has 0 bridgehead atoms. The molecule has 0 aromatic heterocycles. The zero-order valence-corrected chi connectivity index (χ0v) is 9.24. The molecule has 0 aliphatic heterocycles. The first kappa shape index (κ1) is 10.9. The van der Waals surface area contributed by atoms with E-state index in [0.29, 0.717) is 0 Å². The molecule has 0 fully saturated rings. The molecule has 0 aliphatic rings. The smallest absolute Gasteiger partial charge is 0.187 e. The van der Waals surface area contributed by atoms with Gasteiger partial charge in [0, 0.05) is 0 Å². The fourth-order valence-corrected chi connectivity index (χ4v) is 2.98. The summed E-state index contributed by atoms with van der Waals surface area (Å²) in [5.41, 5.74) is 1.13. The van der Waals surface area contributed by atoms with Gasteiger partial charge in [-0.25, -0.2) is 0 Å². The molecular weight excluding hydrogens is 152 g/mol. The van der Waals surface area contributed by atoms with Crippen molar-refractivity contribution in [2.24, 2.45) is 0 Å². The van der Waals surface area contributed by atoms with Gasteiger partial charge in [-0.15, -0.1) is 0 Å². The van der Waals surface area contributed by atoms with E-state index < -0.39 is 8.32 Å². The van der Waals surface area contributed by atoms with E-state index in [2.05, 4.69) is 26.6 Å². The maximum Gasteiger partial charge on any atom is 0.187 e. The van der Waals surface area contributed by atoms with E-state index in [-0.39, 0.29) is 0 Å². The lowest BCUT2D eigenvalue weighted by Crippen LogP contribution is -2.30. The van der Waals surface area contributed by atoms with E-state index in [9.17, 15) is 0 Å². The van der Waals surface area contributed by atoms with Crippen molar-refractivity contribution >= 4 is 8.32 Å². The molecule has 0 rings (SSSR count). The fraction of sp³-hybridized carbons (Fsp3) is 0.778. The summed E-state index contributed by atoms with van der Waals surface area (Å²) in [6.07, 6.45) is 1.23. The first-order chi connectivity index (χ1) is 4.98. The van der Waals surface area contributed by atoms with Crippen molar-refractivity contribution in [1.82, 2.24) is 0 Å². The zero-order valence-electron chi connectivity index (χ0n) is 8.24. The van der Waals surface area contributed by atoms with Crippen molar-refractivity contribution in [3.8, 4) is 0 Å². The predicted octanol–water partition coefficient (Wildman–Crippen LogP) is 3.19. The second kappa shape index (κ2) is 4.73. The van der Waals surface area contributed by atoms with Crippen LogP contribution in [0.2, 0.25) is 19.1 Å². The van der Waals surface area contributed by atoms with Crippen LogP contribution in [-0.4, -0.2) is 14.9 Å². The minimum absolute atomic E-state index is 0.749. The molecule has 0 spiro atoms. The summed E-state index contributed by atoms with van der Waals surface area (Å²) in [6, 6.07) is 1.25. The maximum absolute atomic E-state index is 5.77. The first-order valence-electron chi connectivity index (χ1n) is 4.26. The quantitative estimate of drug-likeness (QED) is 0.457. The second-order valence-electron chi connectivity index (χ2n) is 3.76. The Balaban J connectivity index is 3.63. The van der Waals surface area contributed by atoms with Gasteiger partial charge >= 0.3 is 0 Å². The highest BCUT2D eigenvalue weighted by molar-refractivity contribution is 6.71. The Bertz CT molecular complexity index is 130. The van der Waals surface area contributed by atoms with E-state index in [0.717, 1.165) is 12.2 Å². The van der Waals surface area contributed by atoms with Gasteiger partial charge in [0.1, 0.15) is 0 Å². The van der Waals surface area contributed by atoms with E-state index >= 15 is 0 Å². The Hall–Kier alpha value is -0.0831. The standard InChI is InChI=1S/C9H20OSi/c1-6-7-11(4,5)10-8-9(2)3/h2,6-8H2,1,3-5H3. The van der Waals surface area contributed by atoms with Crippen LogP contribution in [0.4, 0.5) is 0 Å². The van der Waals surface area contributed by atoms with Crippen LogP contribution >= 0.6 is 0 Å². The molecule has 0 saturated carbocycles. The molecule has 0 saturated heterocycles. The molecule has 0 heterocycles. The van der Waals surface area contributed by atoms with Gasteiger partial charge in [-0.05, 0) is 26.1 Å². The summed E-state index contributed by atoms with van der Waals surface area (Å²) < 4.78 is 5.77. The molecule has 1 nitrogen and oxygen atoms in total. The highest BCUT2D eigenvalue weighted by Crippen LogP contribution is 2.13. The largest absolute Gasteiger partial charge is 0.413 e. The molecule has 0 atom stereocenters. The van der Waals surface area contributed by atoms with Gasteiger partial charge < -0.3 is 4.43 Å². The van der Waals surface area contributed by atoms with Gasteiger partial charge in [0.25, 0.3) is 0 Å². The summed E-state index contributed by atoms with van der Waals surface area (Å²) in [7, 11) is -1.33. The van der Waals surface area contributed by atoms with Crippen molar-refractivity contribution in [3.63, 3.8) is 0 Å². The van der Waals surface area contributed by atoms with Crippen molar-refractivity contribution in [2.75, 3.05) is 6.61 Å². The number of rotatable bonds is 5. The van der Waals surface area contributed by atoms with Crippen LogP contribution in [0.5, 0.6) is 0 Å². The Kier molecular flexibility index (Phi) is 4.69. The predicted molar refractivity (Wildman–Crippen MR) is 53.3 cm³/mol. The Morgan fingerprint density at radius 3 is 2.36 bits per heavy atom. The number of hydrogen-bond acceptors (Lipinski definition) is 1. The van der Waals surface area contributed by atoms with Gasteiger partial charge in [-0.1, -0.05) is 25.5 Å². The molecule has 0 amide bonds. The second-order valence-corrected chi connectivity index (χ2v) is 8.06. The van der Waals surface area contributed by atoms with Gasteiger partial charge in [0.05, 0.1) is 6.61 Å². The van der Waals surface area contributed by atoms with Crippen molar-refractivity contribution < 1.29 is 4.43 Å². The lowest BCUT2D eigenvalue weighted by molar-refractivity contribution is 0.341. The van der Waals surface area contributed by atoms with Crippen LogP contribution in [0, 0.1) is 0 Å². The SMILES string of the molecule is C=C(C)CO[Si](C)(C)CCC. The summed E-state index contributed by atoms with van der Waals surface area (Å²) in [5, 5.41) is 0. The molecule has 11 heavy (non-hydrogen) atoms. The summed E-state index contributed by atoms with van der Waals surface area (Å²) in [5.74, 6) is 0. The zero-order chi connectivity index (χ0) is 8.91. The van der Waals surface area contributed by atoms with Crippen LogP contribution in [-0.2, 0) is 4.43 Å². The molecule has 0 aliphatic carbocycles. The lowest BCUT2D eigenvalue weighted by atomic mass is 10.4. The molecule has 0 radical (unpaired) electrons. The van der Waals surface area contributed by atoms with Crippen LogP contribution in [0.3, 0.4) is 0 Å². The monoisotopic (exact) mass is 172 g/mol.